The summed E-state index contributed by atoms with van der Waals surface area (Å²) in [5.74, 6) is 3.26. The number of hydrogen-bond donors (Lipinski definition) is 0. The van der Waals surface area contributed by atoms with Crippen LogP contribution in [0.1, 0.15) is 10.8 Å². The highest BCUT2D eigenvalue weighted by Crippen LogP contribution is 2.48. The molecule has 0 aromatic heterocycles. The first-order chi connectivity index (χ1) is 9.90. The smallest absolute Gasteiger partial charge is 0.132 e. The second kappa shape index (κ2) is 5.58. The van der Waals surface area contributed by atoms with E-state index in [0.717, 1.165) is 23.9 Å². The van der Waals surface area contributed by atoms with Gasteiger partial charge in [-0.2, -0.15) is 0 Å². The normalized spacial score (nSPS) is 20.7. The molecule has 4 heteroatoms. The van der Waals surface area contributed by atoms with E-state index < -0.39 is 0 Å². The predicted octanol–water partition coefficient (Wildman–Crippen LogP) is 5.11. The van der Waals surface area contributed by atoms with E-state index in [4.69, 9.17) is 4.74 Å². The van der Waals surface area contributed by atoms with Gasteiger partial charge in [0, 0.05) is 31.4 Å². The molecule has 2 aromatic rings. The number of rotatable bonds is 1. The minimum atomic E-state index is 0.544. The maximum absolute atomic E-state index is 5.69. The molecule has 0 saturated heterocycles. The van der Waals surface area contributed by atoms with E-state index in [-0.39, 0.29) is 0 Å². The zero-order valence-electron chi connectivity index (χ0n) is 10.9. The van der Waals surface area contributed by atoms with Crippen LogP contribution < -0.4 is 4.74 Å². The Bertz CT molecular complexity index is 641. The summed E-state index contributed by atoms with van der Waals surface area (Å²) in [5, 5.41) is 0.544. The zero-order valence-corrected chi connectivity index (χ0v) is 13.3. The summed E-state index contributed by atoms with van der Waals surface area (Å²) >= 11 is 5.87. The first-order valence-corrected chi connectivity index (χ1v) is 9.53. The number of fused-ring (bicyclic) bond motifs is 2. The van der Waals surface area contributed by atoms with Gasteiger partial charge >= 0.3 is 0 Å². The summed E-state index contributed by atoms with van der Waals surface area (Å²) in [6.45, 7) is 0.832. The van der Waals surface area contributed by atoms with Crippen molar-refractivity contribution in [2.24, 2.45) is 0 Å². The van der Waals surface area contributed by atoms with Crippen molar-refractivity contribution >= 4 is 35.3 Å². The summed E-state index contributed by atoms with van der Waals surface area (Å²) in [4.78, 5) is 4.14. The molecule has 20 heavy (non-hydrogen) atoms. The van der Waals surface area contributed by atoms with Crippen LogP contribution in [-0.4, -0.2) is 18.1 Å². The fraction of sp³-hybridized carbons (Fsp3) is 0.250. The number of hydrogen-bond acceptors (Lipinski definition) is 4. The zero-order chi connectivity index (χ0) is 13.4. The lowest BCUT2D eigenvalue weighted by molar-refractivity contribution is 0.330. The number of thioether (sulfide) groups is 3. The van der Waals surface area contributed by atoms with Gasteiger partial charge in [0.1, 0.15) is 5.75 Å². The Labute approximate surface area is 131 Å². The molecule has 2 aromatic carbocycles. The fourth-order valence-electron chi connectivity index (χ4n) is 2.44. The third-order valence-corrected chi connectivity index (χ3v) is 7.29. The molecule has 4 rings (SSSR count). The molecule has 0 radical (unpaired) electrons. The minimum Gasteiger partial charge on any atom is -0.492 e. The summed E-state index contributed by atoms with van der Waals surface area (Å²) in [7, 11) is 0. The average molecular weight is 318 g/mol. The van der Waals surface area contributed by atoms with Crippen molar-refractivity contribution in [2.45, 2.75) is 19.9 Å². The van der Waals surface area contributed by atoms with Gasteiger partial charge < -0.3 is 4.74 Å². The lowest BCUT2D eigenvalue weighted by atomic mass is 10.1. The highest BCUT2D eigenvalue weighted by atomic mass is 32.2. The molecular weight excluding hydrogens is 304 g/mol. The Balaban J connectivity index is 1.63. The van der Waals surface area contributed by atoms with Crippen LogP contribution in [0.25, 0.3) is 0 Å². The van der Waals surface area contributed by atoms with E-state index >= 15 is 0 Å². The molecule has 0 aliphatic carbocycles. The van der Waals surface area contributed by atoms with Gasteiger partial charge in [0.15, 0.2) is 0 Å². The lowest BCUT2D eigenvalue weighted by Crippen LogP contribution is -2.08. The maximum Gasteiger partial charge on any atom is 0.132 e. The van der Waals surface area contributed by atoms with Gasteiger partial charge in [0.2, 0.25) is 0 Å². The molecule has 0 spiro atoms. The lowest BCUT2D eigenvalue weighted by Gasteiger charge is -2.25. The van der Waals surface area contributed by atoms with Gasteiger partial charge in [0.25, 0.3) is 0 Å². The molecule has 0 saturated carbocycles. The van der Waals surface area contributed by atoms with Crippen molar-refractivity contribution in [1.29, 1.82) is 0 Å². The summed E-state index contributed by atoms with van der Waals surface area (Å²) in [6.07, 6.45) is 0. The molecule has 0 fully saturated rings. The quantitative estimate of drug-likeness (QED) is 0.722. The Morgan fingerprint density at radius 3 is 2.80 bits per heavy atom. The van der Waals surface area contributed by atoms with Crippen LogP contribution in [0, 0.1) is 0 Å². The van der Waals surface area contributed by atoms with Gasteiger partial charge in [-0.05, 0) is 29.8 Å². The van der Waals surface area contributed by atoms with Gasteiger partial charge in [-0.15, -0.1) is 35.3 Å². The van der Waals surface area contributed by atoms with Crippen molar-refractivity contribution in [3.63, 3.8) is 0 Å². The van der Waals surface area contributed by atoms with Gasteiger partial charge in [0.05, 0.1) is 6.61 Å². The molecule has 0 bridgehead atoms. The van der Waals surface area contributed by atoms with Crippen molar-refractivity contribution in [2.75, 3.05) is 18.1 Å². The standard InChI is InChI=1S/C16H14OS3/c1-2-4-14-13(3-1)19-10-16(20-14)11-5-6-12-15(9-11)18-8-7-17-12/h1-6,9,16H,7-8,10H2. The molecule has 0 amide bonds. The monoisotopic (exact) mass is 318 g/mol. The van der Waals surface area contributed by atoms with Crippen molar-refractivity contribution < 1.29 is 4.74 Å². The largest absolute Gasteiger partial charge is 0.492 e. The van der Waals surface area contributed by atoms with Gasteiger partial charge in [-0.25, -0.2) is 0 Å². The van der Waals surface area contributed by atoms with Crippen molar-refractivity contribution in [3.05, 3.63) is 48.0 Å². The first-order valence-electron chi connectivity index (χ1n) is 6.68. The Hall–Kier alpha value is -0.710. The topological polar surface area (TPSA) is 9.23 Å². The Morgan fingerprint density at radius 2 is 1.85 bits per heavy atom. The van der Waals surface area contributed by atoms with Crippen molar-refractivity contribution in [3.8, 4) is 5.75 Å². The minimum absolute atomic E-state index is 0.544. The number of benzene rings is 2. The molecule has 2 aliphatic heterocycles. The van der Waals surface area contributed by atoms with E-state index in [2.05, 4.69) is 42.5 Å². The van der Waals surface area contributed by atoms with Crippen LogP contribution in [-0.2, 0) is 0 Å². The molecular formula is C16H14OS3. The Morgan fingerprint density at radius 1 is 0.950 bits per heavy atom. The van der Waals surface area contributed by atoms with Gasteiger partial charge in [-0.1, -0.05) is 18.2 Å². The van der Waals surface area contributed by atoms with Crippen LogP contribution >= 0.6 is 35.3 Å². The van der Waals surface area contributed by atoms with Crippen LogP contribution in [0.15, 0.2) is 57.2 Å². The fourth-order valence-corrected chi connectivity index (χ4v) is 5.96. The maximum atomic E-state index is 5.69. The van der Waals surface area contributed by atoms with Crippen LogP contribution in [0.4, 0.5) is 0 Å². The highest BCUT2D eigenvalue weighted by molar-refractivity contribution is 8.05. The van der Waals surface area contributed by atoms with Crippen LogP contribution in [0.2, 0.25) is 0 Å². The predicted molar refractivity (Wildman–Crippen MR) is 88.4 cm³/mol. The summed E-state index contributed by atoms with van der Waals surface area (Å²) in [5.41, 5.74) is 1.42. The van der Waals surface area contributed by atoms with E-state index in [1.807, 2.05) is 35.3 Å². The summed E-state index contributed by atoms with van der Waals surface area (Å²) in [6, 6.07) is 15.4. The first kappa shape index (κ1) is 13.0. The highest BCUT2D eigenvalue weighted by Gasteiger charge is 2.22. The molecule has 1 atom stereocenters. The summed E-state index contributed by atoms with van der Waals surface area (Å²) < 4.78 is 5.69. The molecule has 0 N–H and O–H groups in total. The molecule has 2 heterocycles. The third kappa shape index (κ3) is 2.45. The SMILES string of the molecule is c1ccc2c(c1)SCC(c1ccc3c(c1)SCCO3)S2. The van der Waals surface area contributed by atoms with Crippen LogP contribution in [0.5, 0.6) is 5.75 Å². The van der Waals surface area contributed by atoms with E-state index in [1.165, 1.54) is 20.2 Å². The van der Waals surface area contributed by atoms with Gasteiger partial charge in [-0.3, -0.25) is 0 Å². The molecule has 102 valence electrons. The molecule has 2 aliphatic rings. The molecule has 1 unspecified atom stereocenters. The van der Waals surface area contributed by atoms with E-state index in [0.29, 0.717) is 5.25 Å². The van der Waals surface area contributed by atoms with Crippen molar-refractivity contribution in [1.82, 2.24) is 0 Å². The second-order valence-corrected chi connectivity index (χ2v) is 8.21. The number of ether oxygens (including phenoxy) is 1. The third-order valence-electron chi connectivity index (χ3n) is 3.45. The second-order valence-electron chi connectivity index (χ2n) is 4.77. The Kier molecular flexibility index (Phi) is 3.63. The van der Waals surface area contributed by atoms with E-state index in [1.54, 1.807) is 0 Å². The molecule has 1 nitrogen and oxygen atoms in total. The van der Waals surface area contributed by atoms with Crippen LogP contribution in [0.3, 0.4) is 0 Å². The average Bonchev–Trinajstić information content (AvgIpc) is 2.54. The van der Waals surface area contributed by atoms with E-state index in [9.17, 15) is 0 Å².